The third kappa shape index (κ3) is 3.14. The van der Waals surface area contributed by atoms with Gasteiger partial charge in [-0.05, 0) is 24.6 Å². The second-order valence-electron chi connectivity index (χ2n) is 5.18. The van der Waals surface area contributed by atoms with Crippen molar-refractivity contribution in [2.24, 2.45) is 7.05 Å². The summed E-state index contributed by atoms with van der Waals surface area (Å²) >= 11 is 5.97. The van der Waals surface area contributed by atoms with E-state index in [1.165, 1.54) is 0 Å². The van der Waals surface area contributed by atoms with Crippen LogP contribution in [0.1, 0.15) is 12.2 Å². The average molecular weight is 292 g/mol. The Balaban J connectivity index is 1.56. The topological polar surface area (TPSA) is 30.3 Å². The Hall–Kier alpha value is -1.52. The zero-order chi connectivity index (χ0) is 13.9. The number of nitrogens with zero attached hydrogens (tertiary/aromatic N) is 3. The smallest absolute Gasteiger partial charge is 0.122 e. The molecule has 2 heterocycles. The normalized spacial score (nSPS) is 19.4. The lowest BCUT2D eigenvalue weighted by atomic mass is 10.3. The van der Waals surface area contributed by atoms with Gasteiger partial charge < -0.3 is 9.30 Å². The Morgan fingerprint density at radius 1 is 1.45 bits per heavy atom. The molecule has 20 heavy (non-hydrogen) atoms. The molecule has 0 spiro atoms. The molecule has 106 valence electrons. The first-order valence-corrected chi connectivity index (χ1v) is 7.19. The lowest BCUT2D eigenvalue weighted by Crippen LogP contribution is -2.25. The first-order valence-electron chi connectivity index (χ1n) is 6.81. The highest BCUT2D eigenvalue weighted by atomic mass is 35.5. The van der Waals surface area contributed by atoms with Crippen molar-refractivity contribution in [1.82, 2.24) is 14.5 Å². The van der Waals surface area contributed by atoms with Gasteiger partial charge in [-0.2, -0.15) is 0 Å². The summed E-state index contributed by atoms with van der Waals surface area (Å²) in [7, 11) is 2.03. The van der Waals surface area contributed by atoms with Crippen LogP contribution in [0.15, 0.2) is 36.7 Å². The third-order valence-electron chi connectivity index (χ3n) is 3.61. The number of benzene rings is 1. The zero-order valence-corrected chi connectivity index (χ0v) is 12.3. The van der Waals surface area contributed by atoms with E-state index in [2.05, 4.69) is 14.5 Å². The second-order valence-corrected chi connectivity index (χ2v) is 5.61. The Labute approximate surface area is 123 Å². The summed E-state index contributed by atoms with van der Waals surface area (Å²) < 4.78 is 8.04. The average Bonchev–Trinajstić information content (AvgIpc) is 3.01. The summed E-state index contributed by atoms with van der Waals surface area (Å²) in [6.07, 6.45) is 5.09. The zero-order valence-electron chi connectivity index (χ0n) is 11.5. The fourth-order valence-electron chi connectivity index (χ4n) is 2.52. The van der Waals surface area contributed by atoms with Crippen LogP contribution in [-0.4, -0.2) is 33.6 Å². The van der Waals surface area contributed by atoms with Gasteiger partial charge in [0.05, 0.1) is 6.54 Å². The summed E-state index contributed by atoms with van der Waals surface area (Å²) in [4.78, 5) is 6.74. The highest BCUT2D eigenvalue weighted by Crippen LogP contribution is 2.22. The molecule has 0 aliphatic carbocycles. The largest absolute Gasteiger partial charge is 0.489 e. The van der Waals surface area contributed by atoms with E-state index in [9.17, 15) is 0 Å². The number of halogens is 1. The van der Waals surface area contributed by atoms with Crippen LogP contribution < -0.4 is 4.74 Å². The molecule has 1 atom stereocenters. The molecule has 5 heteroatoms. The molecule has 2 aromatic rings. The van der Waals surface area contributed by atoms with Crippen molar-refractivity contribution in [3.05, 3.63) is 47.5 Å². The van der Waals surface area contributed by atoms with Gasteiger partial charge in [0, 0.05) is 37.6 Å². The van der Waals surface area contributed by atoms with Crippen LogP contribution in [0, 0.1) is 0 Å². The highest BCUT2D eigenvalue weighted by Gasteiger charge is 2.24. The maximum atomic E-state index is 5.98. The van der Waals surface area contributed by atoms with E-state index >= 15 is 0 Å². The van der Waals surface area contributed by atoms with Crippen molar-refractivity contribution in [1.29, 1.82) is 0 Å². The van der Waals surface area contributed by atoms with E-state index in [4.69, 9.17) is 16.3 Å². The molecule has 0 bridgehead atoms. The SMILES string of the molecule is Cn1ccnc1CN1CC[C@@H](Oc2cccc(Cl)c2)C1. The van der Waals surface area contributed by atoms with Crippen LogP contribution >= 0.6 is 11.6 Å². The lowest BCUT2D eigenvalue weighted by molar-refractivity contribution is 0.197. The van der Waals surface area contributed by atoms with E-state index in [0.29, 0.717) is 5.02 Å². The lowest BCUT2D eigenvalue weighted by Gasteiger charge is -2.16. The quantitative estimate of drug-likeness (QED) is 0.868. The Kier molecular flexibility index (Phi) is 3.94. The molecule has 0 saturated carbocycles. The summed E-state index contributed by atoms with van der Waals surface area (Å²) in [6.45, 7) is 2.84. The van der Waals surface area contributed by atoms with E-state index in [-0.39, 0.29) is 6.10 Å². The molecule has 1 saturated heterocycles. The molecule has 1 aliphatic rings. The van der Waals surface area contributed by atoms with Crippen molar-refractivity contribution in [2.75, 3.05) is 13.1 Å². The number of hydrogen-bond acceptors (Lipinski definition) is 3. The number of imidazole rings is 1. The maximum Gasteiger partial charge on any atom is 0.122 e. The molecule has 1 aliphatic heterocycles. The van der Waals surface area contributed by atoms with Gasteiger partial charge in [0.15, 0.2) is 0 Å². The summed E-state index contributed by atoms with van der Waals surface area (Å²) in [6, 6.07) is 7.59. The fraction of sp³-hybridized carbons (Fsp3) is 0.400. The van der Waals surface area contributed by atoms with Crippen molar-refractivity contribution in [2.45, 2.75) is 19.1 Å². The van der Waals surface area contributed by atoms with Crippen LogP contribution in [0.25, 0.3) is 0 Å². The molecule has 0 N–H and O–H groups in total. The first-order chi connectivity index (χ1) is 9.70. The number of ether oxygens (including phenoxy) is 1. The summed E-state index contributed by atoms with van der Waals surface area (Å²) in [5, 5.41) is 0.713. The Morgan fingerprint density at radius 2 is 2.35 bits per heavy atom. The minimum absolute atomic E-state index is 0.230. The second kappa shape index (κ2) is 5.85. The van der Waals surface area contributed by atoms with E-state index in [1.54, 1.807) is 0 Å². The van der Waals surface area contributed by atoms with Crippen LogP contribution in [0.4, 0.5) is 0 Å². The van der Waals surface area contributed by atoms with Gasteiger partial charge in [-0.1, -0.05) is 17.7 Å². The molecular weight excluding hydrogens is 274 g/mol. The maximum absolute atomic E-state index is 5.98. The third-order valence-corrected chi connectivity index (χ3v) is 3.85. The van der Waals surface area contributed by atoms with Crippen molar-refractivity contribution in [3.63, 3.8) is 0 Å². The van der Waals surface area contributed by atoms with Gasteiger partial charge in [-0.15, -0.1) is 0 Å². The number of likely N-dealkylation sites (tertiary alicyclic amines) is 1. The first kappa shape index (κ1) is 13.5. The van der Waals surface area contributed by atoms with Crippen molar-refractivity contribution in [3.8, 4) is 5.75 Å². The number of aryl methyl sites for hydroxylation is 1. The van der Waals surface area contributed by atoms with Gasteiger partial charge in [-0.25, -0.2) is 4.98 Å². The van der Waals surface area contributed by atoms with Crippen LogP contribution in [0.3, 0.4) is 0 Å². The Bertz CT molecular complexity index is 584. The monoisotopic (exact) mass is 291 g/mol. The van der Waals surface area contributed by atoms with Gasteiger partial charge in [0.25, 0.3) is 0 Å². The van der Waals surface area contributed by atoms with Gasteiger partial charge in [-0.3, -0.25) is 4.90 Å². The number of aromatic nitrogens is 2. The Morgan fingerprint density at radius 3 is 3.10 bits per heavy atom. The van der Waals surface area contributed by atoms with Crippen molar-refractivity contribution < 1.29 is 4.74 Å². The van der Waals surface area contributed by atoms with Crippen LogP contribution in [0.5, 0.6) is 5.75 Å². The fourth-order valence-corrected chi connectivity index (χ4v) is 2.70. The molecular formula is C15H18ClN3O. The number of rotatable bonds is 4. The summed E-state index contributed by atoms with van der Waals surface area (Å²) in [5.74, 6) is 1.94. The van der Waals surface area contributed by atoms with Gasteiger partial charge in [0.1, 0.15) is 17.7 Å². The van der Waals surface area contributed by atoms with Gasteiger partial charge in [0.2, 0.25) is 0 Å². The molecule has 0 unspecified atom stereocenters. The number of hydrogen-bond donors (Lipinski definition) is 0. The van der Waals surface area contributed by atoms with Gasteiger partial charge >= 0.3 is 0 Å². The van der Waals surface area contributed by atoms with Crippen molar-refractivity contribution >= 4 is 11.6 Å². The summed E-state index contributed by atoms with van der Waals surface area (Å²) in [5.41, 5.74) is 0. The minimum Gasteiger partial charge on any atom is -0.489 e. The molecule has 0 radical (unpaired) electrons. The standard InChI is InChI=1S/C15H18ClN3O/c1-18-8-6-17-15(18)11-19-7-5-14(10-19)20-13-4-2-3-12(16)9-13/h2-4,6,8-9,14H,5,7,10-11H2,1H3/t14-/m1/s1. The minimum atomic E-state index is 0.230. The molecule has 0 amide bonds. The predicted octanol–water partition coefficient (Wildman–Crippen LogP) is 2.73. The van der Waals surface area contributed by atoms with E-state index < -0.39 is 0 Å². The van der Waals surface area contributed by atoms with Crippen LogP contribution in [-0.2, 0) is 13.6 Å². The van der Waals surface area contributed by atoms with E-state index in [1.807, 2.05) is 43.7 Å². The van der Waals surface area contributed by atoms with E-state index in [0.717, 1.165) is 37.6 Å². The molecule has 4 nitrogen and oxygen atoms in total. The van der Waals surface area contributed by atoms with Crippen LogP contribution in [0.2, 0.25) is 5.02 Å². The predicted molar refractivity (Wildman–Crippen MR) is 79.0 cm³/mol. The molecule has 1 fully saturated rings. The molecule has 1 aromatic heterocycles. The molecule has 3 rings (SSSR count). The molecule has 1 aromatic carbocycles. The highest BCUT2D eigenvalue weighted by molar-refractivity contribution is 6.30.